The number of hydrogen-bond acceptors (Lipinski definition) is 6. The van der Waals surface area contributed by atoms with Gasteiger partial charge in [-0.2, -0.15) is 0 Å². The van der Waals surface area contributed by atoms with Crippen LogP contribution in [0.3, 0.4) is 0 Å². The number of nitrogens with one attached hydrogen (secondary N) is 1. The van der Waals surface area contributed by atoms with Crippen LogP contribution in [0.5, 0.6) is 0 Å². The molecule has 0 radical (unpaired) electrons. The second kappa shape index (κ2) is 6.71. The number of nitrogens with zero attached hydrogens (tertiary/aromatic N) is 3. The molecule has 4 rings (SSSR count). The van der Waals surface area contributed by atoms with Gasteiger partial charge in [0.25, 0.3) is 5.69 Å². The maximum absolute atomic E-state index is 12.5. The Morgan fingerprint density at radius 3 is 3.04 bits per heavy atom. The second-order valence-electron chi connectivity index (χ2n) is 6.45. The van der Waals surface area contributed by atoms with Crippen molar-refractivity contribution in [1.82, 2.24) is 9.38 Å². The molecular weight excluding hydrogens is 348 g/mol. The highest BCUT2D eigenvalue weighted by molar-refractivity contribution is 5.90. The lowest BCUT2D eigenvalue weighted by molar-refractivity contribution is -0.384. The lowest BCUT2D eigenvalue weighted by Gasteiger charge is -2.33. The van der Waals surface area contributed by atoms with Gasteiger partial charge in [0, 0.05) is 36.6 Å². The molecule has 1 aliphatic heterocycles. The average molecular weight is 366 g/mol. The van der Waals surface area contributed by atoms with E-state index in [0.29, 0.717) is 6.54 Å². The van der Waals surface area contributed by atoms with E-state index in [1.807, 2.05) is 29.8 Å². The Kier molecular flexibility index (Phi) is 4.23. The molecule has 0 saturated carbocycles. The van der Waals surface area contributed by atoms with Crippen LogP contribution in [0.15, 0.2) is 48.9 Å². The SMILES string of the molecule is CC[C@@H]1c2ccn3ccnc3c2NCC1OC(=O)c1cccc([N+](=O)[O-])c1. The molecular formula is C19H18N4O4. The number of carbonyl (C=O) groups excluding carboxylic acids is 1. The summed E-state index contributed by atoms with van der Waals surface area (Å²) in [7, 11) is 0. The normalized spacial score (nSPS) is 18.6. The van der Waals surface area contributed by atoms with Crippen LogP contribution in [0, 0.1) is 10.1 Å². The van der Waals surface area contributed by atoms with Gasteiger partial charge in [0.05, 0.1) is 22.7 Å². The highest BCUT2D eigenvalue weighted by Gasteiger charge is 2.33. The number of imidazole rings is 1. The summed E-state index contributed by atoms with van der Waals surface area (Å²) in [6.45, 7) is 2.50. The number of non-ortho nitro benzene ring substituents is 1. The Morgan fingerprint density at radius 2 is 2.26 bits per heavy atom. The lowest BCUT2D eigenvalue weighted by Crippen LogP contribution is -2.36. The molecule has 27 heavy (non-hydrogen) atoms. The Morgan fingerprint density at radius 1 is 1.41 bits per heavy atom. The van der Waals surface area contributed by atoms with E-state index >= 15 is 0 Å². The zero-order chi connectivity index (χ0) is 19.0. The van der Waals surface area contributed by atoms with E-state index in [4.69, 9.17) is 4.74 Å². The molecule has 2 atom stereocenters. The predicted molar refractivity (Wildman–Crippen MR) is 99.0 cm³/mol. The summed E-state index contributed by atoms with van der Waals surface area (Å²) in [5, 5.41) is 14.2. The summed E-state index contributed by atoms with van der Waals surface area (Å²) >= 11 is 0. The molecule has 0 aliphatic carbocycles. The molecule has 8 heteroatoms. The van der Waals surface area contributed by atoms with E-state index in [-0.39, 0.29) is 23.3 Å². The number of fused-ring (bicyclic) bond motifs is 3. The van der Waals surface area contributed by atoms with Gasteiger partial charge in [-0.25, -0.2) is 9.78 Å². The molecule has 1 N–H and O–H groups in total. The molecule has 0 spiro atoms. The van der Waals surface area contributed by atoms with Gasteiger partial charge in [-0.3, -0.25) is 10.1 Å². The number of pyridine rings is 1. The molecule has 8 nitrogen and oxygen atoms in total. The van der Waals surface area contributed by atoms with E-state index in [9.17, 15) is 14.9 Å². The third-order valence-corrected chi connectivity index (χ3v) is 4.91. The van der Waals surface area contributed by atoms with Crippen molar-refractivity contribution in [3.8, 4) is 0 Å². The van der Waals surface area contributed by atoms with Crippen molar-refractivity contribution in [2.24, 2.45) is 0 Å². The Labute approximate surface area is 154 Å². The summed E-state index contributed by atoms with van der Waals surface area (Å²) < 4.78 is 7.65. The fourth-order valence-corrected chi connectivity index (χ4v) is 3.59. The van der Waals surface area contributed by atoms with Gasteiger partial charge in [0.15, 0.2) is 5.65 Å². The smallest absolute Gasteiger partial charge is 0.338 e. The molecule has 138 valence electrons. The Bertz CT molecular complexity index is 1030. The monoisotopic (exact) mass is 366 g/mol. The van der Waals surface area contributed by atoms with Gasteiger partial charge in [-0.1, -0.05) is 13.0 Å². The van der Waals surface area contributed by atoms with Crippen LogP contribution in [0.2, 0.25) is 0 Å². The van der Waals surface area contributed by atoms with Crippen LogP contribution in [0.25, 0.3) is 5.65 Å². The summed E-state index contributed by atoms with van der Waals surface area (Å²) in [5.74, 6) is -0.542. The van der Waals surface area contributed by atoms with E-state index < -0.39 is 10.9 Å². The first kappa shape index (κ1) is 17.0. The first-order valence-electron chi connectivity index (χ1n) is 8.73. The molecule has 1 aromatic carbocycles. The van der Waals surface area contributed by atoms with Gasteiger partial charge < -0.3 is 14.5 Å². The van der Waals surface area contributed by atoms with Crippen LogP contribution in [-0.4, -0.2) is 32.9 Å². The predicted octanol–water partition coefficient (Wildman–Crippen LogP) is 3.39. The molecule has 0 saturated heterocycles. The average Bonchev–Trinajstić information content (AvgIpc) is 3.16. The van der Waals surface area contributed by atoms with Gasteiger partial charge >= 0.3 is 5.97 Å². The van der Waals surface area contributed by atoms with Crippen LogP contribution in [-0.2, 0) is 4.74 Å². The number of nitro benzene ring substituents is 1. The maximum Gasteiger partial charge on any atom is 0.338 e. The van der Waals surface area contributed by atoms with Crippen molar-refractivity contribution in [2.75, 3.05) is 11.9 Å². The number of ether oxygens (including phenoxy) is 1. The highest BCUT2D eigenvalue weighted by Crippen LogP contribution is 2.37. The summed E-state index contributed by atoms with van der Waals surface area (Å²) in [6.07, 6.45) is 5.99. The number of carbonyl (C=O) groups is 1. The van der Waals surface area contributed by atoms with E-state index in [2.05, 4.69) is 10.3 Å². The third kappa shape index (κ3) is 2.99. The van der Waals surface area contributed by atoms with E-state index in [1.54, 1.807) is 6.20 Å². The number of aromatic nitrogens is 2. The number of benzene rings is 1. The van der Waals surface area contributed by atoms with Gasteiger partial charge in [0.2, 0.25) is 0 Å². The minimum absolute atomic E-state index is 0.0191. The number of hydrogen-bond donors (Lipinski definition) is 1. The standard InChI is InChI=1S/C19H18N4O4/c1-2-14-15-6-8-22-9-7-20-18(22)17(15)21-11-16(14)27-19(24)12-4-3-5-13(10-12)23(25)26/h3-10,14,16,21H,2,11H2,1H3/t14-,16?/m1/s1. The molecule has 0 amide bonds. The second-order valence-corrected chi connectivity index (χ2v) is 6.45. The fourth-order valence-electron chi connectivity index (χ4n) is 3.59. The topological polar surface area (TPSA) is 98.8 Å². The van der Waals surface area contributed by atoms with Gasteiger partial charge in [0.1, 0.15) is 6.10 Å². The Hall–Kier alpha value is -3.42. The van der Waals surface area contributed by atoms with Crippen LogP contribution >= 0.6 is 0 Å². The molecule has 0 bridgehead atoms. The van der Waals surface area contributed by atoms with Crippen molar-refractivity contribution in [3.05, 3.63) is 70.2 Å². The zero-order valence-electron chi connectivity index (χ0n) is 14.7. The summed E-state index contributed by atoms with van der Waals surface area (Å²) in [5.41, 5.74) is 2.89. The maximum atomic E-state index is 12.5. The van der Waals surface area contributed by atoms with Crippen LogP contribution < -0.4 is 5.32 Å². The first-order chi connectivity index (χ1) is 13.1. The minimum Gasteiger partial charge on any atom is -0.456 e. The number of rotatable bonds is 4. The number of nitro groups is 1. The van der Waals surface area contributed by atoms with Crippen LogP contribution in [0.1, 0.15) is 35.2 Å². The molecule has 3 aromatic rings. The van der Waals surface area contributed by atoms with Crippen molar-refractivity contribution >= 4 is 23.0 Å². The fraction of sp³-hybridized carbons (Fsp3) is 0.263. The third-order valence-electron chi connectivity index (χ3n) is 4.91. The van der Waals surface area contributed by atoms with Crippen molar-refractivity contribution in [1.29, 1.82) is 0 Å². The van der Waals surface area contributed by atoms with Crippen molar-refractivity contribution < 1.29 is 14.5 Å². The molecule has 1 unspecified atom stereocenters. The van der Waals surface area contributed by atoms with Gasteiger partial charge in [-0.05, 0) is 24.1 Å². The quantitative estimate of drug-likeness (QED) is 0.432. The summed E-state index contributed by atoms with van der Waals surface area (Å²) in [4.78, 5) is 27.3. The minimum atomic E-state index is -0.561. The largest absolute Gasteiger partial charge is 0.456 e. The molecule has 2 aromatic heterocycles. The highest BCUT2D eigenvalue weighted by atomic mass is 16.6. The summed E-state index contributed by atoms with van der Waals surface area (Å²) in [6, 6.07) is 7.60. The number of esters is 1. The van der Waals surface area contributed by atoms with Crippen LogP contribution in [0.4, 0.5) is 11.4 Å². The molecule has 0 fully saturated rings. The van der Waals surface area contributed by atoms with E-state index in [0.717, 1.165) is 23.3 Å². The lowest BCUT2D eigenvalue weighted by atomic mass is 9.87. The Balaban J connectivity index is 1.60. The number of anilines is 1. The van der Waals surface area contributed by atoms with Crippen molar-refractivity contribution in [3.63, 3.8) is 0 Å². The zero-order valence-corrected chi connectivity index (χ0v) is 14.7. The van der Waals surface area contributed by atoms with E-state index in [1.165, 1.54) is 24.3 Å². The van der Waals surface area contributed by atoms with Gasteiger partial charge in [-0.15, -0.1) is 0 Å². The first-order valence-corrected chi connectivity index (χ1v) is 8.73. The molecule has 1 aliphatic rings. The van der Waals surface area contributed by atoms with Crippen molar-refractivity contribution in [2.45, 2.75) is 25.4 Å². The molecule has 3 heterocycles.